The fraction of sp³-hybridized carbons (Fsp3) is 0.300. The molecule has 0 fully saturated rings. The minimum absolute atomic E-state index is 0.160. The number of rotatable bonds is 5. The lowest BCUT2D eigenvalue weighted by Crippen LogP contribution is -2.30. The first-order valence-electron chi connectivity index (χ1n) is 8.61. The highest BCUT2D eigenvalue weighted by Gasteiger charge is 2.19. The molecule has 2 aromatic carbocycles. The topological polar surface area (TPSA) is 42.2 Å². The lowest BCUT2D eigenvalue weighted by molar-refractivity contribution is 0.210. The van der Waals surface area contributed by atoms with Crippen LogP contribution in [-0.2, 0) is 32.4 Å². The van der Waals surface area contributed by atoms with E-state index in [4.69, 9.17) is 4.52 Å². The van der Waals surface area contributed by atoms with Crippen LogP contribution in [0, 0.1) is 5.82 Å². The van der Waals surface area contributed by atoms with E-state index in [9.17, 15) is 4.39 Å². The van der Waals surface area contributed by atoms with Gasteiger partial charge in [-0.2, -0.15) is 4.98 Å². The van der Waals surface area contributed by atoms with E-state index in [0.29, 0.717) is 12.4 Å². The largest absolute Gasteiger partial charge is 0.338 e. The predicted molar refractivity (Wildman–Crippen MR) is 92.4 cm³/mol. The van der Waals surface area contributed by atoms with Crippen LogP contribution in [-0.4, -0.2) is 21.6 Å². The van der Waals surface area contributed by atoms with Gasteiger partial charge in [-0.1, -0.05) is 41.6 Å². The molecule has 5 heteroatoms. The zero-order chi connectivity index (χ0) is 17.1. The third-order valence-corrected chi connectivity index (χ3v) is 4.61. The van der Waals surface area contributed by atoms with Crippen molar-refractivity contribution in [2.45, 2.75) is 32.4 Å². The maximum Gasteiger partial charge on any atom is 0.240 e. The minimum Gasteiger partial charge on any atom is -0.338 e. The van der Waals surface area contributed by atoms with E-state index < -0.39 is 0 Å². The van der Waals surface area contributed by atoms with Gasteiger partial charge in [0.15, 0.2) is 5.82 Å². The molecule has 0 radical (unpaired) electrons. The molecule has 4 rings (SSSR count). The van der Waals surface area contributed by atoms with Crippen LogP contribution in [0.2, 0.25) is 0 Å². The molecule has 0 saturated heterocycles. The smallest absolute Gasteiger partial charge is 0.240 e. The molecule has 0 unspecified atom stereocenters. The van der Waals surface area contributed by atoms with Crippen LogP contribution in [0.3, 0.4) is 0 Å². The Morgan fingerprint density at radius 2 is 1.92 bits per heavy atom. The van der Waals surface area contributed by atoms with Gasteiger partial charge < -0.3 is 4.52 Å². The Hall–Kier alpha value is -2.53. The van der Waals surface area contributed by atoms with E-state index >= 15 is 0 Å². The first kappa shape index (κ1) is 16.0. The Balaban J connectivity index is 1.34. The molecule has 0 spiro atoms. The summed E-state index contributed by atoms with van der Waals surface area (Å²) in [5, 5.41) is 4.09. The van der Waals surface area contributed by atoms with Crippen molar-refractivity contribution in [2.75, 3.05) is 6.54 Å². The van der Waals surface area contributed by atoms with E-state index in [1.165, 1.54) is 17.2 Å². The van der Waals surface area contributed by atoms with Gasteiger partial charge in [0, 0.05) is 19.5 Å². The normalized spacial score (nSPS) is 14.4. The number of hydrogen-bond donors (Lipinski definition) is 0. The van der Waals surface area contributed by atoms with Crippen LogP contribution in [0.5, 0.6) is 0 Å². The second-order valence-electron chi connectivity index (χ2n) is 6.46. The molecular formula is C20H20FN3O. The van der Waals surface area contributed by atoms with Gasteiger partial charge in [0.2, 0.25) is 5.89 Å². The molecule has 3 aromatic rings. The van der Waals surface area contributed by atoms with Gasteiger partial charge in [-0.3, -0.25) is 4.90 Å². The van der Waals surface area contributed by atoms with Gasteiger partial charge in [-0.25, -0.2) is 4.39 Å². The molecule has 2 heterocycles. The summed E-state index contributed by atoms with van der Waals surface area (Å²) in [5.74, 6) is 1.24. The second-order valence-corrected chi connectivity index (χ2v) is 6.46. The number of halogens is 1. The second kappa shape index (κ2) is 7.15. The van der Waals surface area contributed by atoms with Crippen LogP contribution >= 0.6 is 0 Å². The van der Waals surface area contributed by atoms with E-state index in [2.05, 4.69) is 27.2 Å². The predicted octanol–water partition coefficient (Wildman–Crippen LogP) is 3.55. The Morgan fingerprint density at radius 1 is 1.04 bits per heavy atom. The lowest BCUT2D eigenvalue weighted by atomic mass is 10.00. The zero-order valence-corrected chi connectivity index (χ0v) is 14.0. The molecule has 1 aliphatic rings. The fourth-order valence-electron chi connectivity index (χ4n) is 3.26. The van der Waals surface area contributed by atoms with Gasteiger partial charge in [0.25, 0.3) is 0 Å². The summed E-state index contributed by atoms with van der Waals surface area (Å²) in [6, 6.07) is 15.3. The Bertz CT molecular complexity index is 847. The Labute approximate surface area is 146 Å². The molecular weight excluding hydrogens is 317 g/mol. The summed E-state index contributed by atoms with van der Waals surface area (Å²) >= 11 is 0. The Morgan fingerprint density at radius 3 is 2.80 bits per heavy atom. The number of benzene rings is 2. The molecule has 25 heavy (non-hydrogen) atoms. The van der Waals surface area contributed by atoms with Gasteiger partial charge in [0.05, 0.1) is 6.54 Å². The average molecular weight is 337 g/mol. The van der Waals surface area contributed by atoms with Crippen LogP contribution in [0.4, 0.5) is 4.39 Å². The average Bonchev–Trinajstić information content (AvgIpc) is 3.08. The van der Waals surface area contributed by atoms with Crippen molar-refractivity contribution >= 4 is 0 Å². The van der Waals surface area contributed by atoms with E-state index in [0.717, 1.165) is 43.7 Å². The minimum atomic E-state index is -0.160. The van der Waals surface area contributed by atoms with Crippen LogP contribution < -0.4 is 0 Å². The first-order valence-corrected chi connectivity index (χ1v) is 8.61. The first-order chi connectivity index (χ1) is 12.3. The summed E-state index contributed by atoms with van der Waals surface area (Å²) in [7, 11) is 0. The van der Waals surface area contributed by atoms with E-state index in [-0.39, 0.29) is 5.82 Å². The molecule has 0 bridgehead atoms. The molecule has 0 atom stereocenters. The number of nitrogens with zero attached hydrogens (tertiary/aromatic N) is 3. The van der Waals surface area contributed by atoms with Gasteiger partial charge in [-0.15, -0.1) is 0 Å². The Kier molecular flexibility index (Phi) is 4.57. The van der Waals surface area contributed by atoms with E-state index in [1.54, 1.807) is 6.07 Å². The highest BCUT2D eigenvalue weighted by Crippen LogP contribution is 2.21. The third kappa shape index (κ3) is 3.94. The molecule has 0 N–H and O–H groups in total. The zero-order valence-electron chi connectivity index (χ0n) is 14.0. The van der Waals surface area contributed by atoms with Gasteiger partial charge >= 0.3 is 0 Å². The maximum atomic E-state index is 13.3. The van der Waals surface area contributed by atoms with Crippen molar-refractivity contribution in [1.82, 2.24) is 15.0 Å². The summed E-state index contributed by atoms with van der Waals surface area (Å²) in [4.78, 5) is 6.77. The number of aryl methyl sites for hydroxylation is 2. The molecule has 1 aromatic heterocycles. The molecule has 4 nitrogen and oxygen atoms in total. The molecule has 1 aliphatic heterocycles. The summed E-state index contributed by atoms with van der Waals surface area (Å²) in [5.41, 5.74) is 3.55. The molecule has 0 saturated carbocycles. The van der Waals surface area contributed by atoms with Gasteiger partial charge in [0.1, 0.15) is 5.82 Å². The molecule has 128 valence electrons. The van der Waals surface area contributed by atoms with Crippen LogP contribution in [0.1, 0.15) is 28.4 Å². The number of fused-ring (bicyclic) bond motifs is 1. The van der Waals surface area contributed by atoms with E-state index in [1.807, 2.05) is 24.3 Å². The summed E-state index contributed by atoms with van der Waals surface area (Å²) < 4.78 is 18.7. The number of aromatic nitrogens is 2. The fourth-order valence-corrected chi connectivity index (χ4v) is 3.26. The SMILES string of the molecule is Fc1ccc2c(c1)CCN(Cc1nc(CCc3ccccc3)no1)C2. The van der Waals surface area contributed by atoms with Crippen molar-refractivity contribution in [3.05, 3.63) is 82.8 Å². The molecule has 0 amide bonds. The van der Waals surface area contributed by atoms with Crippen molar-refractivity contribution in [3.8, 4) is 0 Å². The number of hydrogen-bond acceptors (Lipinski definition) is 4. The van der Waals surface area contributed by atoms with Gasteiger partial charge in [-0.05, 0) is 41.7 Å². The standard InChI is InChI=1S/C20H20FN3O/c21-18-8-7-17-13-24(11-10-16(17)12-18)14-20-22-19(23-25-20)9-6-15-4-2-1-3-5-15/h1-5,7-8,12H,6,9-11,13-14H2. The highest BCUT2D eigenvalue weighted by molar-refractivity contribution is 5.30. The third-order valence-electron chi connectivity index (χ3n) is 4.61. The summed E-state index contributed by atoms with van der Waals surface area (Å²) in [6.45, 7) is 2.30. The quantitative estimate of drug-likeness (QED) is 0.714. The van der Waals surface area contributed by atoms with Crippen molar-refractivity contribution < 1.29 is 8.91 Å². The van der Waals surface area contributed by atoms with Crippen molar-refractivity contribution in [1.29, 1.82) is 0 Å². The van der Waals surface area contributed by atoms with Crippen LogP contribution in [0.25, 0.3) is 0 Å². The van der Waals surface area contributed by atoms with Crippen LogP contribution in [0.15, 0.2) is 53.1 Å². The van der Waals surface area contributed by atoms with Crippen molar-refractivity contribution in [3.63, 3.8) is 0 Å². The highest BCUT2D eigenvalue weighted by atomic mass is 19.1. The monoisotopic (exact) mass is 337 g/mol. The summed E-state index contributed by atoms with van der Waals surface area (Å²) in [6.07, 6.45) is 2.53. The lowest BCUT2D eigenvalue weighted by Gasteiger charge is -2.27. The van der Waals surface area contributed by atoms with Crippen molar-refractivity contribution in [2.24, 2.45) is 0 Å². The molecule has 0 aliphatic carbocycles. The maximum absolute atomic E-state index is 13.3.